The summed E-state index contributed by atoms with van der Waals surface area (Å²) in [4.78, 5) is 10.8. The Bertz CT molecular complexity index is 816. The molecule has 1 N–H and O–H groups in total. The summed E-state index contributed by atoms with van der Waals surface area (Å²) in [5.41, 5.74) is 1.63. The van der Waals surface area contributed by atoms with Gasteiger partial charge in [-0.05, 0) is 48.2 Å². The second kappa shape index (κ2) is 10.2. The second-order valence-electron chi connectivity index (χ2n) is 6.29. The van der Waals surface area contributed by atoms with E-state index in [-0.39, 0.29) is 12.4 Å². The molecular formula is C20H19Cl2F3O4. The normalized spacial score (nSPS) is 12.5. The molecule has 0 spiro atoms. The number of aliphatic hydroxyl groups excluding tert-OH is 1. The van der Waals surface area contributed by atoms with Gasteiger partial charge in [0, 0.05) is 0 Å². The fourth-order valence-electron chi connectivity index (χ4n) is 2.32. The highest BCUT2D eigenvalue weighted by Crippen LogP contribution is 2.35. The highest BCUT2D eigenvalue weighted by molar-refractivity contribution is 6.37. The average Bonchev–Trinajstić information content (AvgIpc) is 2.65. The molecule has 1 atom stereocenters. The van der Waals surface area contributed by atoms with E-state index < -0.39 is 24.7 Å². The van der Waals surface area contributed by atoms with Crippen molar-refractivity contribution >= 4 is 29.0 Å². The third-order valence-corrected chi connectivity index (χ3v) is 4.53. The molecule has 0 saturated carbocycles. The lowest BCUT2D eigenvalue weighted by Crippen LogP contribution is -2.28. The van der Waals surface area contributed by atoms with Crippen LogP contribution in [0, 0.1) is 0 Å². The van der Waals surface area contributed by atoms with Gasteiger partial charge in [0.05, 0.1) is 16.1 Å². The van der Waals surface area contributed by atoms with Crippen LogP contribution in [-0.2, 0) is 11.2 Å². The molecule has 2 aromatic rings. The van der Waals surface area contributed by atoms with Gasteiger partial charge in [0.25, 0.3) is 5.78 Å². The van der Waals surface area contributed by atoms with Crippen LogP contribution in [0.15, 0.2) is 36.4 Å². The first-order valence-corrected chi connectivity index (χ1v) is 9.46. The number of hydrogen-bond acceptors (Lipinski definition) is 4. The molecule has 4 nitrogen and oxygen atoms in total. The lowest BCUT2D eigenvalue weighted by atomic mass is 10.0. The van der Waals surface area contributed by atoms with Crippen LogP contribution in [0.5, 0.6) is 11.5 Å². The van der Waals surface area contributed by atoms with Crippen LogP contribution in [-0.4, -0.2) is 36.4 Å². The summed E-state index contributed by atoms with van der Waals surface area (Å²) in [6.07, 6.45) is -4.53. The Labute approximate surface area is 176 Å². The first kappa shape index (κ1) is 23.3. The second-order valence-corrected chi connectivity index (χ2v) is 7.11. The van der Waals surface area contributed by atoms with Crippen molar-refractivity contribution < 1.29 is 32.5 Å². The monoisotopic (exact) mass is 450 g/mol. The Morgan fingerprint density at radius 2 is 1.66 bits per heavy atom. The van der Waals surface area contributed by atoms with Crippen molar-refractivity contribution in [3.05, 3.63) is 57.6 Å². The zero-order chi connectivity index (χ0) is 21.6. The van der Waals surface area contributed by atoms with Crippen LogP contribution in [0.1, 0.15) is 24.5 Å². The number of ketones is 1. The third kappa shape index (κ3) is 7.10. The van der Waals surface area contributed by atoms with Crippen LogP contribution < -0.4 is 9.47 Å². The number of carbonyl (C=O) groups excluding carboxylic acids is 1. The summed E-state index contributed by atoms with van der Waals surface area (Å²) in [6, 6.07) is 9.66. The molecule has 0 amide bonds. The highest BCUT2D eigenvalue weighted by atomic mass is 35.5. The zero-order valence-corrected chi connectivity index (χ0v) is 16.9. The maximum absolute atomic E-state index is 12.2. The first-order valence-electron chi connectivity index (χ1n) is 8.70. The van der Waals surface area contributed by atoms with E-state index in [0.717, 1.165) is 11.1 Å². The minimum absolute atomic E-state index is 0.0770. The number of alkyl halides is 3. The van der Waals surface area contributed by atoms with E-state index in [2.05, 4.69) is 0 Å². The minimum Gasteiger partial charge on any atom is -0.488 e. The van der Waals surface area contributed by atoms with Crippen LogP contribution in [0.2, 0.25) is 10.0 Å². The predicted octanol–water partition coefficient (Wildman–Crippen LogP) is 5.24. The fraction of sp³-hybridized carbons (Fsp3) is 0.350. The highest BCUT2D eigenvalue weighted by Gasteiger charge is 2.38. The molecule has 0 saturated heterocycles. The average molecular weight is 451 g/mol. The lowest BCUT2D eigenvalue weighted by Gasteiger charge is -2.14. The predicted molar refractivity (Wildman–Crippen MR) is 104 cm³/mol. The summed E-state index contributed by atoms with van der Waals surface area (Å²) < 4.78 is 46.9. The molecule has 0 aliphatic rings. The summed E-state index contributed by atoms with van der Waals surface area (Å²) >= 11 is 12.5. The SMILES string of the molecule is CC[C@@H](O)COc1c(Cl)cc(Cc2ccc(OCC(=O)C(F)(F)F)cc2)cc1Cl. The molecule has 29 heavy (non-hydrogen) atoms. The molecule has 2 aromatic carbocycles. The summed E-state index contributed by atoms with van der Waals surface area (Å²) in [6.45, 7) is 0.834. The van der Waals surface area contributed by atoms with Crippen LogP contribution in [0.25, 0.3) is 0 Å². The standard InChI is InChI=1S/C20H19Cl2F3O4/c1-2-14(26)10-29-19-16(21)8-13(9-17(19)22)7-12-3-5-15(6-4-12)28-11-18(27)20(23,24)25/h3-6,8-9,14,26H,2,7,10-11H2,1H3/t14-/m1/s1. The van der Waals surface area contributed by atoms with Crippen molar-refractivity contribution in [3.63, 3.8) is 0 Å². The van der Waals surface area contributed by atoms with Crippen LogP contribution in [0.4, 0.5) is 13.2 Å². The van der Waals surface area contributed by atoms with Gasteiger partial charge >= 0.3 is 6.18 Å². The van der Waals surface area contributed by atoms with Gasteiger partial charge in [-0.2, -0.15) is 13.2 Å². The topological polar surface area (TPSA) is 55.8 Å². The maximum atomic E-state index is 12.2. The van der Waals surface area contributed by atoms with E-state index >= 15 is 0 Å². The van der Waals surface area contributed by atoms with Crippen molar-refractivity contribution in [3.8, 4) is 11.5 Å². The van der Waals surface area contributed by atoms with E-state index in [0.29, 0.717) is 28.6 Å². The van der Waals surface area contributed by atoms with Crippen molar-refractivity contribution in [2.75, 3.05) is 13.2 Å². The Morgan fingerprint density at radius 1 is 1.07 bits per heavy atom. The lowest BCUT2D eigenvalue weighted by molar-refractivity contribution is -0.173. The van der Waals surface area contributed by atoms with E-state index in [4.69, 9.17) is 32.7 Å². The quantitative estimate of drug-likeness (QED) is 0.567. The number of ether oxygens (including phenoxy) is 2. The van der Waals surface area contributed by atoms with E-state index in [9.17, 15) is 23.1 Å². The molecular weight excluding hydrogens is 432 g/mol. The number of Topliss-reactive ketones (excluding diaryl/α,β-unsaturated/α-hetero) is 1. The first-order chi connectivity index (χ1) is 13.6. The number of benzene rings is 2. The van der Waals surface area contributed by atoms with E-state index in [1.807, 2.05) is 6.92 Å². The van der Waals surface area contributed by atoms with Gasteiger partial charge in [0.15, 0.2) is 12.4 Å². The number of hydrogen-bond donors (Lipinski definition) is 1. The molecule has 158 valence electrons. The number of halogens is 5. The number of aliphatic hydroxyl groups is 1. The van der Waals surface area contributed by atoms with Crippen molar-refractivity contribution in [2.45, 2.75) is 32.0 Å². The number of carbonyl (C=O) groups is 1. The number of rotatable bonds is 9. The Morgan fingerprint density at radius 3 is 2.17 bits per heavy atom. The van der Waals surface area contributed by atoms with Gasteiger partial charge in [0.2, 0.25) is 0 Å². The molecule has 0 heterocycles. The molecule has 0 aliphatic heterocycles. The summed E-state index contributed by atoms with van der Waals surface area (Å²) in [7, 11) is 0. The Hall–Kier alpha value is -1.96. The zero-order valence-electron chi connectivity index (χ0n) is 15.4. The van der Waals surface area contributed by atoms with Crippen LogP contribution >= 0.6 is 23.2 Å². The molecule has 0 aliphatic carbocycles. The third-order valence-electron chi connectivity index (χ3n) is 3.97. The van der Waals surface area contributed by atoms with Gasteiger partial charge in [-0.25, -0.2) is 0 Å². The van der Waals surface area contributed by atoms with Gasteiger partial charge < -0.3 is 14.6 Å². The fourth-order valence-corrected chi connectivity index (χ4v) is 2.96. The van der Waals surface area contributed by atoms with Crippen LogP contribution in [0.3, 0.4) is 0 Å². The van der Waals surface area contributed by atoms with E-state index in [1.165, 1.54) is 12.1 Å². The summed E-state index contributed by atoms with van der Waals surface area (Å²) in [5, 5.41) is 10.2. The maximum Gasteiger partial charge on any atom is 0.453 e. The molecule has 0 bridgehead atoms. The van der Waals surface area contributed by atoms with Gasteiger partial charge in [-0.1, -0.05) is 42.3 Å². The van der Waals surface area contributed by atoms with Crippen molar-refractivity contribution in [1.29, 1.82) is 0 Å². The van der Waals surface area contributed by atoms with Gasteiger partial charge in [-0.3, -0.25) is 4.79 Å². The van der Waals surface area contributed by atoms with Crippen molar-refractivity contribution in [2.24, 2.45) is 0 Å². The molecule has 0 aromatic heterocycles. The Balaban J connectivity index is 2.00. The Kier molecular flexibility index (Phi) is 8.19. The molecule has 0 unspecified atom stereocenters. The van der Waals surface area contributed by atoms with Crippen molar-refractivity contribution in [1.82, 2.24) is 0 Å². The molecule has 2 rings (SSSR count). The van der Waals surface area contributed by atoms with E-state index in [1.54, 1.807) is 24.3 Å². The van der Waals surface area contributed by atoms with Gasteiger partial charge in [0.1, 0.15) is 12.4 Å². The van der Waals surface area contributed by atoms with Gasteiger partial charge in [-0.15, -0.1) is 0 Å². The smallest absolute Gasteiger partial charge is 0.453 e. The molecule has 9 heteroatoms. The minimum atomic E-state index is -4.91. The summed E-state index contributed by atoms with van der Waals surface area (Å²) in [5.74, 6) is -1.50. The molecule has 0 radical (unpaired) electrons. The largest absolute Gasteiger partial charge is 0.488 e. The molecule has 0 fully saturated rings.